The average Bonchev–Trinajstić information content (AvgIpc) is 1.42. The normalized spacial score (nSPS) is 19.1. The Labute approximate surface area is 445 Å². The molecule has 2 unspecified atom stereocenters. The number of rotatable bonds is 3. The minimum absolute atomic E-state index is 0.324. The molecular formula is C79H18N2. The molecule has 344 valence electrons. The highest BCUT2D eigenvalue weighted by molar-refractivity contribution is 6.79. The lowest BCUT2D eigenvalue weighted by Gasteiger charge is -2.35. The summed E-state index contributed by atoms with van der Waals surface area (Å²) >= 11 is 0. The van der Waals surface area contributed by atoms with Crippen LogP contribution in [0.3, 0.4) is 0 Å². The SMILES string of the molecule is c1ccc2c(-c3ccc(Cn4c5c6c7c8c9c%10c%11c%12c%13c%14c%15c%16c(c%17c%18c%19c%16c%13c%13c%16c%12c%12c%10c%10c9c9c7c7c%20c9c9c%10c%10c%12c%16c%12c(c%19%13)c%13c%18c%16c%18c%19c%13c%12c%10c9c%19c%20c%18c(c75)c4c%17%16)CC=%15C=6C8C%14%11)cc3)c3ccccc3nc2c1. The Balaban J connectivity index is 0.928. The van der Waals surface area contributed by atoms with Crippen molar-refractivity contribution in [3.8, 4) is 11.1 Å². The molecule has 5 aliphatic carbocycles. The molecule has 27 aromatic carbocycles. The van der Waals surface area contributed by atoms with Crippen LogP contribution in [0.4, 0.5) is 0 Å². The Bertz CT molecular complexity index is 8380. The van der Waals surface area contributed by atoms with E-state index in [1.54, 1.807) is 303 Å². The molecule has 0 aliphatic heterocycles. The average molecular weight is 995 g/mol. The van der Waals surface area contributed by atoms with Gasteiger partial charge < -0.3 is 4.57 Å². The van der Waals surface area contributed by atoms with Gasteiger partial charge in [0.15, 0.2) is 0 Å². The van der Waals surface area contributed by atoms with Crippen molar-refractivity contribution in [3.05, 3.63) is 111 Å². The zero-order chi connectivity index (χ0) is 48.7. The lowest BCUT2D eigenvalue weighted by molar-refractivity contribution is 0.753. The summed E-state index contributed by atoms with van der Waals surface area (Å²) in [6.07, 6.45) is 1.06. The Kier molecular flexibility index (Phi) is 3.18. The molecule has 34 rings (SSSR count). The molecule has 0 fully saturated rings. The lowest BCUT2D eigenvalue weighted by Crippen LogP contribution is -2.28. The third-order valence-electron chi connectivity index (χ3n) is 27.0. The van der Waals surface area contributed by atoms with E-state index in [-0.39, 0.29) is 0 Å². The summed E-state index contributed by atoms with van der Waals surface area (Å²) in [7, 11) is 0. The Morgan fingerprint density at radius 3 is 1.21 bits per heavy atom. The van der Waals surface area contributed by atoms with Gasteiger partial charge in [-0.2, -0.15) is 0 Å². The molecule has 0 spiro atoms. The minimum Gasteiger partial charge on any atom is -0.335 e. The fourth-order valence-corrected chi connectivity index (χ4v) is 26.0. The number of para-hydroxylation sites is 2. The maximum absolute atomic E-state index is 5.16. The number of benzene rings is 19. The molecule has 0 radical (unpaired) electrons. The molecule has 5 aliphatic rings. The number of pyridine rings is 1. The topological polar surface area (TPSA) is 17.8 Å². The summed E-state index contributed by atoms with van der Waals surface area (Å²) in [6, 6.07) is 27.5. The van der Waals surface area contributed by atoms with Crippen molar-refractivity contribution in [1.29, 1.82) is 0 Å². The van der Waals surface area contributed by atoms with Crippen LogP contribution in [0.25, 0.3) is 303 Å². The van der Waals surface area contributed by atoms with E-state index in [1.165, 1.54) is 27.5 Å². The molecule has 2 nitrogen and oxygen atoms in total. The fourth-order valence-electron chi connectivity index (χ4n) is 26.0. The zero-order valence-corrected chi connectivity index (χ0v) is 41.9. The standard InChI is InChI=1S/C79H18N2/c1-3-7-21-17(5-1)23(18-6-2-4-8-22(18)80-21)16-11-9-15(10-12-16)14-81-78-74-26-19-13-20-25-24(19)28-32-30(26)36-42-44-38(32)40-34(28)35-29(25)33-31-27(20)75-71-37(31)43-45-39(33)41(35)47-46(40)52-50(44)54-48(42)64-62-60-58(54)57-56(52)53(47)51(45)55-49(43)65-63(61(60)59(55)57)67-66(62)72(68(64)70(36)74)76(78)77(79(75)81)73(67)69(65)71/h1-12,30,32H,13-14H2. The third kappa shape index (κ3) is 2.07. The number of hydrogen-bond acceptors (Lipinski definition) is 1. The molecule has 0 bridgehead atoms. The molecule has 0 N–H and O–H groups in total. The van der Waals surface area contributed by atoms with Crippen LogP contribution in [0.1, 0.15) is 39.7 Å². The first-order chi connectivity index (χ1) is 40.4. The molecular weight excluding hydrogens is 977 g/mol. The van der Waals surface area contributed by atoms with Crippen molar-refractivity contribution in [2.24, 2.45) is 0 Å². The number of fused-ring (bicyclic) bond motifs is 7. The monoisotopic (exact) mass is 994 g/mol. The Hall–Kier alpha value is -10.2. The largest absolute Gasteiger partial charge is 0.335 e. The molecule has 0 saturated carbocycles. The highest BCUT2D eigenvalue weighted by Crippen LogP contribution is 2.79. The van der Waals surface area contributed by atoms with Crippen molar-refractivity contribution >= 4 is 292 Å². The van der Waals surface area contributed by atoms with E-state index in [9.17, 15) is 0 Å². The Morgan fingerprint density at radius 2 is 0.704 bits per heavy atom. The van der Waals surface area contributed by atoms with Gasteiger partial charge in [0.25, 0.3) is 0 Å². The van der Waals surface area contributed by atoms with Crippen molar-refractivity contribution in [2.75, 3.05) is 0 Å². The maximum atomic E-state index is 5.16. The molecule has 0 saturated heterocycles. The number of aromatic nitrogens is 2. The van der Waals surface area contributed by atoms with Crippen LogP contribution in [-0.4, -0.2) is 9.55 Å². The number of nitrogens with zero attached hydrogens (tertiary/aromatic N) is 2. The van der Waals surface area contributed by atoms with E-state index in [2.05, 4.69) is 77.4 Å². The Morgan fingerprint density at radius 1 is 0.321 bits per heavy atom. The van der Waals surface area contributed by atoms with E-state index < -0.39 is 0 Å². The summed E-state index contributed by atoms with van der Waals surface area (Å²) in [4.78, 5) is 5.16. The summed E-state index contributed by atoms with van der Waals surface area (Å²) in [5.41, 5.74) is 19.6. The number of hydrogen-bond donors (Lipinski definition) is 0. The molecule has 2 heteroatoms. The molecule has 0 amide bonds. The zero-order valence-electron chi connectivity index (χ0n) is 41.9. The van der Waals surface area contributed by atoms with E-state index in [0.29, 0.717) is 11.8 Å². The van der Waals surface area contributed by atoms with Crippen molar-refractivity contribution in [2.45, 2.75) is 24.8 Å². The van der Waals surface area contributed by atoms with Gasteiger partial charge in [0.2, 0.25) is 0 Å². The van der Waals surface area contributed by atoms with E-state index >= 15 is 0 Å². The van der Waals surface area contributed by atoms with Gasteiger partial charge in [0, 0.05) is 148 Å². The summed E-state index contributed by atoms with van der Waals surface area (Å²) < 4.78 is 3.03. The van der Waals surface area contributed by atoms with E-state index in [4.69, 9.17) is 4.98 Å². The van der Waals surface area contributed by atoms with Crippen LogP contribution in [-0.2, 0) is 13.0 Å². The van der Waals surface area contributed by atoms with Crippen LogP contribution < -0.4 is 10.4 Å². The van der Waals surface area contributed by atoms with Gasteiger partial charge >= 0.3 is 0 Å². The first-order valence-electron chi connectivity index (χ1n) is 30.0. The van der Waals surface area contributed by atoms with Gasteiger partial charge in [-0.05, 0) is 208 Å². The van der Waals surface area contributed by atoms with Crippen LogP contribution in [0, 0.1) is 0 Å². The van der Waals surface area contributed by atoms with Crippen molar-refractivity contribution in [1.82, 2.24) is 9.55 Å². The molecule has 2 atom stereocenters. The van der Waals surface area contributed by atoms with Crippen LogP contribution in [0.15, 0.2) is 72.8 Å². The second kappa shape index (κ2) is 8.05. The van der Waals surface area contributed by atoms with Crippen LogP contribution in [0.5, 0.6) is 0 Å². The maximum Gasteiger partial charge on any atom is 0.0715 e. The summed E-state index contributed by atoms with van der Waals surface area (Å²) in [6.45, 7) is 0.828. The van der Waals surface area contributed by atoms with Gasteiger partial charge in [0.1, 0.15) is 0 Å². The smallest absolute Gasteiger partial charge is 0.0715 e. The predicted octanol–water partition coefficient (Wildman–Crippen LogP) is 19.1. The highest BCUT2D eigenvalue weighted by atomic mass is 15.0. The summed E-state index contributed by atoms with van der Waals surface area (Å²) in [5.74, 6) is 0.666. The van der Waals surface area contributed by atoms with E-state index in [1.807, 2.05) is 0 Å². The van der Waals surface area contributed by atoms with Gasteiger partial charge in [-0.25, -0.2) is 4.98 Å². The quantitative estimate of drug-likeness (QED) is 0.127. The molecule has 2 heterocycles. The predicted molar refractivity (Wildman–Crippen MR) is 340 cm³/mol. The van der Waals surface area contributed by atoms with Crippen molar-refractivity contribution in [3.63, 3.8) is 0 Å². The lowest BCUT2D eigenvalue weighted by atomic mass is 9.67. The second-order valence-corrected chi connectivity index (χ2v) is 28.2. The van der Waals surface area contributed by atoms with Gasteiger partial charge in [-0.1, -0.05) is 60.7 Å². The van der Waals surface area contributed by atoms with Crippen molar-refractivity contribution < 1.29 is 0 Å². The minimum atomic E-state index is 0.324. The fraction of sp³-hybridized carbons (Fsp3) is 0.0506. The summed E-state index contributed by atoms with van der Waals surface area (Å²) in [5, 5.41) is 81.9. The molecule has 2 aromatic heterocycles. The molecule has 81 heavy (non-hydrogen) atoms. The first kappa shape index (κ1) is 32.1. The first-order valence-corrected chi connectivity index (χ1v) is 30.0. The third-order valence-corrected chi connectivity index (χ3v) is 27.0. The van der Waals surface area contributed by atoms with Gasteiger partial charge in [-0.3, -0.25) is 0 Å². The van der Waals surface area contributed by atoms with Gasteiger partial charge in [-0.15, -0.1) is 0 Å². The highest BCUT2D eigenvalue weighted by Gasteiger charge is 2.57. The van der Waals surface area contributed by atoms with Crippen LogP contribution >= 0.6 is 0 Å². The van der Waals surface area contributed by atoms with Crippen LogP contribution in [0.2, 0.25) is 0 Å². The molecule has 29 aromatic rings. The second-order valence-electron chi connectivity index (χ2n) is 28.2. The van der Waals surface area contributed by atoms with E-state index in [0.717, 1.165) is 24.0 Å². The van der Waals surface area contributed by atoms with Gasteiger partial charge in [0.05, 0.1) is 22.1 Å².